The van der Waals surface area contributed by atoms with Crippen LogP contribution >= 0.6 is 11.8 Å². The minimum Gasteiger partial charge on any atom is -0.360 e. The zero-order valence-corrected chi connectivity index (χ0v) is 15.9. The first-order valence-corrected chi connectivity index (χ1v) is 9.80. The van der Waals surface area contributed by atoms with Crippen LogP contribution in [0.25, 0.3) is 10.9 Å². The van der Waals surface area contributed by atoms with Gasteiger partial charge in [-0.25, -0.2) is 0 Å². The van der Waals surface area contributed by atoms with Gasteiger partial charge in [-0.15, -0.1) is 0 Å². The fraction of sp³-hybridized carbons (Fsp3) is 0.250. The zero-order chi connectivity index (χ0) is 18.8. The molecule has 1 saturated heterocycles. The van der Waals surface area contributed by atoms with Gasteiger partial charge in [0.05, 0.1) is 48.6 Å². The van der Waals surface area contributed by atoms with Crippen LogP contribution in [0, 0.1) is 10.1 Å². The molecule has 2 heterocycles. The van der Waals surface area contributed by atoms with Crippen molar-refractivity contribution in [2.24, 2.45) is 0 Å². The van der Waals surface area contributed by atoms with Crippen molar-refractivity contribution in [1.29, 1.82) is 0 Å². The van der Waals surface area contributed by atoms with E-state index in [4.69, 9.17) is 0 Å². The lowest BCUT2D eigenvalue weighted by Gasteiger charge is -2.31. The van der Waals surface area contributed by atoms with Crippen LogP contribution in [0.1, 0.15) is 0 Å². The maximum atomic E-state index is 11.6. The van der Waals surface area contributed by atoms with Crippen LogP contribution in [0.15, 0.2) is 64.5 Å². The first-order chi connectivity index (χ1) is 13.1. The fourth-order valence-corrected chi connectivity index (χ4v) is 4.43. The molecule has 0 bridgehead atoms. The number of benzene rings is 2. The smallest absolute Gasteiger partial charge is 0.283 e. The number of anilines is 1. The van der Waals surface area contributed by atoms with Crippen molar-refractivity contribution < 1.29 is 9.82 Å². The molecular formula is C20H21N4O2S+. The summed E-state index contributed by atoms with van der Waals surface area (Å²) in [5, 5.41) is 12.6. The van der Waals surface area contributed by atoms with E-state index in [0.29, 0.717) is 4.90 Å². The van der Waals surface area contributed by atoms with E-state index in [0.717, 1.165) is 47.7 Å². The van der Waals surface area contributed by atoms with Gasteiger partial charge >= 0.3 is 0 Å². The van der Waals surface area contributed by atoms with Gasteiger partial charge in [-0.05, 0) is 24.3 Å². The number of para-hydroxylation sites is 1. The summed E-state index contributed by atoms with van der Waals surface area (Å²) in [7, 11) is 2.20. The van der Waals surface area contributed by atoms with Gasteiger partial charge in [0.1, 0.15) is 0 Å². The highest BCUT2D eigenvalue weighted by Gasteiger charge is 2.21. The Bertz CT molecular complexity index is 981. The topological polar surface area (TPSA) is 63.7 Å². The Hall–Kier alpha value is -2.64. The molecule has 0 aliphatic carbocycles. The second-order valence-corrected chi connectivity index (χ2v) is 7.87. The van der Waals surface area contributed by atoms with E-state index in [1.165, 1.54) is 16.7 Å². The number of hydrogen-bond donors (Lipinski definition) is 1. The minimum absolute atomic E-state index is 0.136. The summed E-state index contributed by atoms with van der Waals surface area (Å²) in [4.78, 5) is 21.1. The molecule has 0 saturated carbocycles. The summed E-state index contributed by atoms with van der Waals surface area (Å²) < 4.78 is 0. The van der Waals surface area contributed by atoms with Gasteiger partial charge < -0.3 is 9.80 Å². The van der Waals surface area contributed by atoms with Gasteiger partial charge in [0, 0.05) is 28.2 Å². The first-order valence-electron chi connectivity index (χ1n) is 8.98. The maximum Gasteiger partial charge on any atom is 0.283 e. The number of nitrogens with zero attached hydrogens (tertiary/aromatic N) is 3. The van der Waals surface area contributed by atoms with Crippen LogP contribution in [0.2, 0.25) is 0 Å². The van der Waals surface area contributed by atoms with Crippen molar-refractivity contribution in [3.63, 3.8) is 0 Å². The molecule has 1 aliphatic rings. The molecule has 0 amide bonds. The number of nitrogens with one attached hydrogen (secondary N) is 1. The third kappa shape index (κ3) is 3.74. The average Bonchev–Trinajstić information content (AvgIpc) is 2.68. The SMILES string of the molecule is C[NH+]1CCN(c2ccc([N+](=O)[O-])c(Sc3cccc4cccnc34)c2)CC1. The Labute approximate surface area is 162 Å². The van der Waals surface area contributed by atoms with Gasteiger partial charge in [0.15, 0.2) is 0 Å². The normalized spacial score (nSPS) is 15.2. The molecule has 4 rings (SSSR count). The molecule has 0 spiro atoms. The predicted molar refractivity (Wildman–Crippen MR) is 108 cm³/mol. The Morgan fingerprint density at radius 1 is 1.11 bits per heavy atom. The standard InChI is InChI=1S/C20H20N4O2S/c1-22-10-12-23(13-11-22)16-7-8-17(24(25)26)19(14-16)27-18-6-2-4-15-5-3-9-21-20(15)18/h2-9,14H,10-13H2,1H3/p+1. The summed E-state index contributed by atoms with van der Waals surface area (Å²) in [6, 6.07) is 15.3. The monoisotopic (exact) mass is 381 g/mol. The first kappa shape index (κ1) is 17.8. The second-order valence-electron chi connectivity index (χ2n) is 6.79. The molecular weight excluding hydrogens is 360 g/mol. The van der Waals surface area contributed by atoms with Crippen molar-refractivity contribution in [2.75, 3.05) is 38.1 Å². The Morgan fingerprint density at radius 3 is 2.67 bits per heavy atom. The molecule has 3 aromatic rings. The molecule has 1 aliphatic heterocycles. The summed E-state index contributed by atoms with van der Waals surface area (Å²) in [5.74, 6) is 0. The Balaban J connectivity index is 1.71. The lowest BCUT2D eigenvalue weighted by Crippen LogP contribution is -3.12. The van der Waals surface area contributed by atoms with E-state index in [-0.39, 0.29) is 10.6 Å². The number of pyridine rings is 1. The minimum atomic E-state index is -0.307. The van der Waals surface area contributed by atoms with Crippen molar-refractivity contribution >= 4 is 34.0 Å². The van der Waals surface area contributed by atoms with Gasteiger partial charge in [-0.2, -0.15) is 0 Å². The molecule has 1 aromatic heterocycles. The van der Waals surface area contributed by atoms with E-state index in [1.807, 2.05) is 42.5 Å². The molecule has 1 N–H and O–H groups in total. The second kappa shape index (κ2) is 7.54. The van der Waals surface area contributed by atoms with Crippen molar-refractivity contribution in [1.82, 2.24) is 4.98 Å². The maximum absolute atomic E-state index is 11.6. The number of nitro benzene ring substituents is 1. The lowest BCUT2D eigenvalue weighted by molar-refractivity contribution is -0.880. The van der Waals surface area contributed by atoms with Crippen molar-refractivity contribution in [2.45, 2.75) is 9.79 Å². The number of fused-ring (bicyclic) bond motifs is 1. The number of aromatic nitrogens is 1. The average molecular weight is 381 g/mol. The number of piperazine rings is 1. The molecule has 7 heteroatoms. The van der Waals surface area contributed by atoms with Gasteiger partial charge in [0.25, 0.3) is 5.69 Å². The Morgan fingerprint density at radius 2 is 1.89 bits per heavy atom. The van der Waals surface area contributed by atoms with Crippen LogP contribution in [0.4, 0.5) is 11.4 Å². The number of rotatable bonds is 4. The lowest BCUT2D eigenvalue weighted by atomic mass is 10.2. The van der Waals surface area contributed by atoms with Gasteiger partial charge in [0.2, 0.25) is 0 Å². The highest BCUT2D eigenvalue weighted by atomic mass is 32.2. The Kier molecular flexibility index (Phi) is 4.96. The quantitative estimate of drug-likeness (QED) is 0.556. The highest BCUT2D eigenvalue weighted by molar-refractivity contribution is 7.99. The van der Waals surface area contributed by atoms with E-state index in [9.17, 15) is 10.1 Å². The molecule has 138 valence electrons. The van der Waals surface area contributed by atoms with Crippen LogP contribution < -0.4 is 9.80 Å². The van der Waals surface area contributed by atoms with Crippen LogP contribution in [-0.2, 0) is 0 Å². The molecule has 0 atom stereocenters. The van der Waals surface area contributed by atoms with E-state index in [1.54, 1.807) is 12.3 Å². The van der Waals surface area contributed by atoms with Crippen LogP contribution in [-0.4, -0.2) is 43.1 Å². The summed E-state index contributed by atoms with van der Waals surface area (Å²) >= 11 is 1.41. The van der Waals surface area contributed by atoms with E-state index in [2.05, 4.69) is 16.9 Å². The van der Waals surface area contributed by atoms with Crippen LogP contribution in [0.5, 0.6) is 0 Å². The number of likely N-dealkylation sites (N-methyl/N-ethyl adjacent to an activating group) is 1. The number of nitro groups is 1. The zero-order valence-electron chi connectivity index (χ0n) is 15.1. The number of hydrogen-bond acceptors (Lipinski definition) is 5. The predicted octanol–water partition coefficient (Wildman–Crippen LogP) is 2.63. The third-order valence-electron chi connectivity index (χ3n) is 4.94. The van der Waals surface area contributed by atoms with Crippen molar-refractivity contribution in [3.05, 3.63) is 64.8 Å². The molecule has 1 fully saturated rings. The van der Waals surface area contributed by atoms with Gasteiger partial charge in [-0.3, -0.25) is 15.1 Å². The molecule has 2 aromatic carbocycles. The summed E-state index contributed by atoms with van der Waals surface area (Å²) in [5.41, 5.74) is 2.05. The summed E-state index contributed by atoms with van der Waals surface area (Å²) in [6.07, 6.45) is 1.75. The molecule has 0 radical (unpaired) electrons. The van der Waals surface area contributed by atoms with E-state index >= 15 is 0 Å². The van der Waals surface area contributed by atoms with E-state index < -0.39 is 0 Å². The largest absolute Gasteiger partial charge is 0.360 e. The van der Waals surface area contributed by atoms with Gasteiger partial charge in [-0.1, -0.05) is 30.0 Å². The third-order valence-corrected chi connectivity index (χ3v) is 6.03. The number of quaternary nitrogens is 1. The van der Waals surface area contributed by atoms with Crippen molar-refractivity contribution in [3.8, 4) is 0 Å². The summed E-state index contributed by atoms with van der Waals surface area (Å²) in [6.45, 7) is 4.08. The molecule has 6 nitrogen and oxygen atoms in total. The molecule has 27 heavy (non-hydrogen) atoms. The molecule has 0 unspecified atom stereocenters. The highest BCUT2D eigenvalue weighted by Crippen LogP contribution is 2.39. The van der Waals surface area contributed by atoms with Crippen LogP contribution in [0.3, 0.4) is 0 Å². The fourth-order valence-electron chi connectivity index (χ4n) is 3.36.